The summed E-state index contributed by atoms with van der Waals surface area (Å²) in [7, 11) is 0. The van der Waals surface area contributed by atoms with E-state index in [1.165, 1.54) is 0 Å². The number of nitrogens with one attached hydrogen (secondary N) is 1. The molecule has 1 fully saturated rings. The van der Waals surface area contributed by atoms with E-state index in [1.54, 1.807) is 0 Å². The van der Waals surface area contributed by atoms with Gasteiger partial charge < -0.3 is 10.4 Å². The number of hydrogen-bond donors (Lipinski definition) is 2. The number of benzene rings is 1. The first-order chi connectivity index (χ1) is 8.69. The highest BCUT2D eigenvalue weighted by molar-refractivity contribution is 5.86. The van der Waals surface area contributed by atoms with Gasteiger partial charge in [-0.1, -0.05) is 43.2 Å². The van der Waals surface area contributed by atoms with Crippen molar-refractivity contribution in [1.82, 2.24) is 5.32 Å². The van der Waals surface area contributed by atoms with Gasteiger partial charge in [-0.15, -0.1) is 0 Å². The molecule has 0 saturated heterocycles. The first kappa shape index (κ1) is 13.1. The number of rotatable bonds is 4. The Labute approximate surface area is 108 Å². The average molecular weight is 247 g/mol. The van der Waals surface area contributed by atoms with Crippen LogP contribution >= 0.6 is 0 Å². The van der Waals surface area contributed by atoms with Crippen molar-refractivity contribution in [2.45, 2.75) is 38.2 Å². The summed E-state index contributed by atoms with van der Waals surface area (Å²) in [5.74, 6) is -0.227. The summed E-state index contributed by atoms with van der Waals surface area (Å²) >= 11 is 0. The van der Waals surface area contributed by atoms with E-state index in [0.29, 0.717) is 12.1 Å². The van der Waals surface area contributed by atoms with Gasteiger partial charge in [-0.2, -0.15) is 0 Å². The van der Waals surface area contributed by atoms with Gasteiger partial charge in [0.2, 0.25) is 0 Å². The van der Waals surface area contributed by atoms with Crippen LogP contribution in [0.5, 0.6) is 0 Å². The highest BCUT2D eigenvalue weighted by Crippen LogP contribution is 2.40. The highest BCUT2D eigenvalue weighted by atomic mass is 16.3. The number of carbonyl (C=O) groups excluding carboxylic acids is 1. The molecule has 0 aromatic heterocycles. The van der Waals surface area contributed by atoms with Gasteiger partial charge >= 0.3 is 0 Å². The van der Waals surface area contributed by atoms with Crippen molar-refractivity contribution >= 4 is 5.91 Å². The van der Waals surface area contributed by atoms with Gasteiger partial charge in [0.15, 0.2) is 5.60 Å². The van der Waals surface area contributed by atoms with E-state index in [2.05, 4.69) is 5.32 Å². The molecule has 18 heavy (non-hydrogen) atoms. The molecule has 1 atom stereocenters. The number of aliphatic hydroxyl groups is 1. The standard InChI is InChI=1S/C15H21NO2/c1-2-16-14(17)15(18,13-10-6-7-11-13)12-8-4-3-5-9-12/h3-5,8-9,13,18H,2,6-7,10-11H2,1H3,(H,16,17). The number of carbonyl (C=O) groups is 1. The SMILES string of the molecule is CCNC(=O)C(O)(c1ccccc1)C1CCCC1. The van der Waals surface area contributed by atoms with Crippen molar-refractivity contribution < 1.29 is 9.90 Å². The first-order valence-electron chi connectivity index (χ1n) is 6.75. The quantitative estimate of drug-likeness (QED) is 0.857. The average Bonchev–Trinajstić information content (AvgIpc) is 2.93. The van der Waals surface area contributed by atoms with Crippen LogP contribution in [0.1, 0.15) is 38.2 Å². The third kappa shape index (κ3) is 2.27. The van der Waals surface area contributed by atoms with Crippen LogP contribution in [0.25, 0.3) is 0 Å². The van der Waals surface area contributed by atoms with E-state index in [1.807, 2.05) is 37.3 Å². The van der Waals surface area contributed by atoms with Gasteiger partial charge in [-0.25, -0.2) is 0 Å². The Morgan fingerprint density at radius 3 is 2.50 bits per heavy atom. The molecule has 1 aliphatic carbocycles. The Morgan fingerprint density at radius 1 is 1.33 bits per heavy atom. The lowest BCUT2D eigenvalue weighted by Gasteiger charge is -2.33. The van der Waals surface area contributed by atoms with Gasteiger partial charge in [0, 0.05) is 12.5 Å². The number of likely N-dealkylation sites (N-methyl/N-ethyl adjacent to an activating group) is 1. The first-order valence-corrected chi connectivity index (χ1v) is 6.75. The van der Waals surface area contributed by atoms with E-state index in [4.69, 9.17) is 0 Å². The maximum atomic E-state index is 12.3. The third-order valence-corrected chi connectivity index (χ3v) is 3.84. The topological polar surface area (TPSA) is 49.3 Å². The maximum absolute atomic E-state index is 12.3. The van der Waals surface area contributed by atoms with Gasteiger partial charge in [-0.3, -0.25) is 4.79 Å². The zero-order valence-corrected chi connectivity index (χ0v) is 10.9. The van der Waals surface area contributed by atoms with Crippen LogP contribution < -0.4 is 5.32 Å². The van der Waals surface area contributed by atoms with Gasteiger partial charge in [0.1, 0.15) is 0 Å². The van der Waals surface area contributed by atoms with Crippen molar-refractivity contribution in [1.29, 1.82) is 0 Å². The van der Waals surface area contributed by atoms with Crippen molar-refractivity contribution in [3.05, 3.63) is 35.9 Å². The van der Waals surface area contributed by atoms with E-state index in [0.717, 1.165) is 25.7 Å². The molecule has 1 saturated carbocycles. The molecule has 1 aromatic rings. The molecule has 1 unspecified atom stereocenters. The molecule has 2 rings (SSSR count). The van der Waals surface area contributed by atoms with E-state index >= 15 is 0 Å². The van der Waals surface area contributed by atoms with Crippen molar-refractivity contribution in [3.8, 4) is 0 Å². The summed E-state index contributed by atoms with van der Waals surface area (Å²) in [6.07, 6.45) is 4.03. The summed E-state index contributed by atoms with van der Waals surface area (Å²) in [4.78, 5) is 12.3. The second kappa shape index (κ2) is 5.53. The second-order valence-corrected chi connectivity index (χ2v) is 4.97. The minimum atomic E-state index is -1.37. The van der Waals surface area contributed by atoms with Crippen LogP contribution in [0, 0.1) is 5.92 Å². The van der Waals surface area contributed by atoms with Gasteiger partial charge in [-0.05, 0) is 25.3 Å². The monoisotopic (exact) mass is 247 g/mol. The molecule has 0 bridgehead atoms. The fourth-order valence-corrected chi connectivity index (χ4v) is 2.88. The van der Waals surface area contributed by atoms with Crippen LogP contribution in [-0.2, 0) is 10.4 Å². The molecule has 0 heterocycles. The van der Waals surface area contributed by atoms with Crippen LogP contribution in [0.4, 0.5) is 0 Å². The van der Waals surface area contributed by atoms with Crippen LogP contribution in [0.2, 0.25) is 0 Å². The molecule has 0 aliphatic heterocycles. The molecule has 0 spiro atoms. The minimum Gasteiger partial charge on any atom is -0.375 e. The van der Waals surface area contributed by atoms with Crippen molar-refractivity contribution in [2.24, 2.45) is 5.92 Å². The fraction of sp³-hybridized carbons (Fsp3) is 0.533. The van der Waals surface area contributed by atoms with Gasteiger partial charge in [0.25, 0.3) is 5.91 Å². The maximum Gasteiger partial charge on any atom is 0.256 e. The summed E-state index contributed by atoms with van der Waals surface area (Å²) in [5, 5.41) is 13.7. The molecule has 0 radical (unpaired) electrons. The summed E-state index contributed by atoms with van der Waals surface area (Å²) in [6, 6.07) is 9.32. The van der Waals surface area contributed by atoms with E-state index in [-0.39, 0.29) is 11.8 Å². The lowest BCUT2D eigenvalue weighted by Crippen LogP contribution is -2.49. The zero-order valence-electron chi connectivity index (χ0n) is 10.9. The Kier molecular flexibility index (Phi) is 4.02. The smallest absolute Gasteiger partial charge is 0.256 e. The van der Waals surface area contributed by atoms with Crippen LogP contribution in [-0.4, -0.2) is 17.6 Å². The summed E-state index contributed by atoms with van der Waals surface area (Å²) < 4.78 is 0. The molecule has 1 aromatic carbocycles. The van der Waals surface area contributed by atoms with Crippen LogP contribution in [0.15, 0.2) is 30.3 Å². The van der Waals surface area contributed by atoms with Crippen molar-refractivity contribution in [3.63, 3.8) is 0 Å². The minimum absolute atomic E-state index is 0.0337. The Hall–Kier alpha value is -1.35. The number of hydrogen-bond acceptors (Lipinski definition) is 2. The predicted molar refractivity (Wildman–Crippen MR) is 71.0 cm³/mol. The lowest BCUT2D eigenvalue weighted by atomic mass is 9.79. The summed E-state index contributed by atoms with van der Waals surface area (Å²) in [6.45, 7) is 2.42. The fourth-order valence-electron chi connectivity index (χ4n) is 2.88. The number of amides is 1. The van der Waals surface area contributed by atoms with Gasteiger partial charge in [0.05, 0.1) is 0 Å². The molecular weight excluding hydrogens is 226 g/mol. The Balaban J connectivity index is 2.35. The zero-order chi connectivity index (χ0) is 13.0. The molecule has 3 nitrogen and oxygen atoms in total. The summed E-state index contributed by atoms with van der Waals surface area (Å²) in [5.41, 5.74) is -0.656. The molecule has 2 N–H and O–H groups in total. The Morgan fingerprint density at radius 2 is 1.94 bits per heavy atom. The highest BCUT2D eigenvalue weighted by Gasteiger charge is 2.45. The second-order valence-electron chi connectivity index (χ2n) is 4.97. The Bertz CT molecular complexity index is 398. The normalized spacial score (nSPS) is 19.4. The predicted octanol–water partition coefficient (Wildman–Crippen LogP) is 2.20. The lowest BCUT2D eigenvalue weighted by molar-refractivity contribution is -0.147. The van der Waals surface area contributed by atoms with E-state index in [9.17, 15) is 9.90 Å². The third-order valence-electron chi connectivity index (χ3n) is 3.84. The van der Waals surface area contributed by atoms with E-state index < -0.39 is 5.60 Å². The molecule has 1 amide bonds. The molecular formula is C15H21NO2. The molecule has 1 aliphatic rings. The van der Waals surface area contributed by atoms with Crippen molar-refractivity contribution in [2.75, 3.05) is 6.54 Å². The largest absolute Gasteiger partial charge is 0.375 e. The van der Waals surface area contributed by atoms with Crippen LogP contribution in [0.3, 0.4) is 0 Å². The molecule has 98 valence electrons. The molecule has 3 heteroatoms.